The Bertz CT molecular complexity index is 909. The van der Waals surface area contributed by atoms with Gasteiger partial charge in [-0.3, -0.25) is 14.5 Å². The molecule has 5 rings (SSSR count). The first-order valence-electron chi connectivity index (χ1n) is 11.0. The van der Waals surface area contributed by atoms with Crippen LogP contribution in [0.1, 0.15) is 43.4 Å². The molecule has 0 aromatic heterocycles. The highest BCUT2D eigenvalue weighted by Gasteiger charge is 2.56. The number of fused-ring (bicyclic) bond motifs is 3. The summed E-state index contributed by atoms with van der Waals surface area (Å²) in [6.07, 6.45) is 2.57. The smallest absolute Gasteiger partial charge is 0.242 e. The van der Waals surface area contributed by atoms with Crippen LogP contribution in [0.3, 0.4) is 0 Å². The molecule has 1 aromatic rings. The summed E-state index contributed by atoms with van der Waals surface area (Å²) < 4.78 is 0. The number of piperazine rings is 1. The minimum absolute atomic E-state index is 0.0401. The van der Waals surface area contributed by atoms with Gasteiger partial charge in [0, 0.05) is 25.2 Å². The van der Waals surface area contributed by atoms with Crippen molar-refractivity contribution >= 4 is 11.8 Å². The number of rotatable bonds is 5. The van der Waals surface area contributed by atoms with Gasteiger partial charge in [0.05, 0.1) is 24.2 Å². The molecule has 7 atom stereocenters. The number of hydrogen-bond donors (Lipinski definition) is 1. The molecule has 30 heavy (non-hydrogen) atoms. The van der Waals surface area contributed by atoms with Crippen LogP contribution in [0.5, 0.6) is 0 Å². The van der Waals surface area contributed by atoms with E-state index in [1.165, 1.54) is 5.56 Å². The fourth-order valence-electron chi connectivity index (χ4n) is 5.82. The molecule has 1 saturated carbocycles. The van der Waals surface area contributed by atoms with Crippen LogP contribution in [-0.4, -0.2) is 69.8 Å². The topological polar surface area (TPSA) is 93.7 Å². The van der Waals surface area contributed by atoms with E-state index in [-0.39, 0.29) is 42.0 Å². The molecule has 2 amide bonds. The third-order valence-electron chi connectivity index (χ3n) is 7.55. The first-order chi connectivity index (χ1) is 14.4. The van der Waals surface area contributed by atoms with Crippen LogP contribution in [0.4, 0.5) is 0 Å². The van der Waals surface area contributed by atoms with E-state index in [1.54, 1.807) is 4.90 Å². The zero-order valence-electron chi connectivity index (χ0n) is 17.6. The Morgan fingerprint density at radius 3 is 2.67 bits per heavy atom. The van der Waals surface area contributed by atoms with E-state index in [9.17, 15) is 14.9 Å². The van der Waals surface area contributed by atoms with Gasteiger partial charge in [0.25, 0.3) is 0 Å². The largest absolute Gasteiger partial charge is 0.330 e. The maximum absolute atomic E-state index is 13.1. The van der Waals surface area contributed by atoms with Crippen molar-refractivity contribution in [3.8, 4) is 6.07 Å². The number of piperidine rings is 1. The maximum atomic E-state index is 13.1. The molecule has 0 spiro atoms. The maximum Gasteiger partial charge on any atom is 0.242 e. The second-order valence-electron chi connectivity index (χ2n) is 9.49. The second-order valence-corrected chi connectivity index (χ2v) is 9.49. The van der Waals surface area contributed by atoms with Crippen molar-refractivity contribution in [3.63, 3.8) is 0 Å². The highest BCUT2D eigenvalue weighted by molar-refractivity contribution is 5.87. The molecule has 0 radical (unpaired) electrons. The Labute approximate surface area is 177 Å². The van der Waals surface area contributed by atoms with Crippen molar-refractivity contribution in [2.75, 3.05) is 13.1 Å². The van der Waals surface area contributed by atoms with Crippen LogP contribution < -0.4 is 5.73 Å². The van der Waals surface area contributed by atoms with Crippen LogP contribution in [0.25, 0.3) is 0 Å². The first kappa shape index (κ1) is 19.5. The summed E-state index contributed by atoms with van der Waals surface area (Å²) in [7, 11) is 0. The average molecular weight is 408 g/mol. The predicted molar refractivity (Wildman–Crippen MR) is 111 cm³/mol. The van der Waals surface area contributed by atoms with Crippen molar-refractivity contribution in [2.24, 2.45) is 11.7 Å². The van der Waals surface area contributed by atoms with E-state index in [4.69, 9.17) is 5.73 Å². The molecule has 7 nitrogen and oxygen atoms in total. The van der Waals surface area contributed by atoms with E-state index in [0.29, 0.717) is 12.5 Å². The average Bonchev–Trinajstić information content (AvgIpc) is 3.07. The van der Waals surface area contributed by atoms with Gasteiger partial charge >= 0.3 is 0 Å². The zero-order chi connectivity index (χ0) is 21.2. The number of likely N-dealkylation sites (tertiary alicyclic amines) is 3. The number of carbonyl (C=O) groups excluding carboxylic acids is 2. The SMILES string of the molecule is Cc1ccc([C@H](C)N2C(=O)[C@@H]3CC2CN3C[C@H](N)C(=O)N2[C@H](C#N)CC3C[C@@H]32)cc1. The van der Waals surface area contributed by atoms with Gasteiger partial charge in [-0.25, -0.2) is 0 Å². The lowest BCUT2D eigenvalue weighted by Crippen LogP contribution is -2.57. The molecule has 4 fully saturated rings. The molecule has 2 unspecified atom stereocenters. The Kier molecular flexibility index (Phi) is 4.60. The number of nitriles is 1. The van der Waals surface area contributed by atoms with Gasteiger partial charge in [-0.2, -0.15) is 5.26 Å². The van der Waals surface area contributed by atoms with Gasteiger partial charge in [-0.1, -0.05) is 29.8 Å². The van der Waals surface area contributed by atoms with Gasteiger partial charge < -0.3 is 15.5 Å². The minimum Gasteiger partial charge on any atom is -0.330 e. The highest BCUT2D eigenvalue weighted by Crippen LogP contribution is 2.48. The molecule has 2 bridgehead atoms. The van der Waals surface area contributed by atoms with Gasteiger partial charge in [0.15, 0.2) is 0 Å². The standard InChI is InChI=1S/C23H29N5O2/c1-13-3-5-15(6-4-13)14(2)27-18-9-21(23(27)30)26(11-18)12-19(25)22(29)28-17(10-24)7-16-8-20(16)28/h3-6,14,16-21H,7-9,11-12,25H2,1-2H3/t14-,16?,17-,18?,19-,20-,21-/m0/s1. The number of aryl methyl sites for hydroxylation is 1. The van der Waals surface area contributed by atoms with E-state index in [1.807, 2.05) is 4.90 Å². The van der Waals surface area contributed by atoms with Crippen LogP contribution in [0.15, 0.2) is 24.3 Å². The van der Waals surface area contributed by atoms with E-state index >= 15 is 0 Å². The number of carbonyl (C=O) groups is 2. The lowest BCUT2D eigenvalue weighted by Gasteiger charge is -2.38. The molecule has 3 aliphatic heterocycles. The lowest BCUT2D eigenvalue weighted by atomic mass is 10.0. The minimum atomic E-state index is -0.685. The molecule has 1 aliphatic carbocycles. The van der Waals surface area contributed by atoms with Gasteiger partial charge in [-0.15, -0.1) is 0 Å². The van der Waals surface area contributed by atoms with Crippen LogP contribution in [0, 0.1) is 24.2 Å². The van der Waals surface area contributed by atoms with Crippen LogP contribution in [0.2, 0.25) is 0 Å². The summed E-state index contributed by atoms with van der Waals surface area (Å²) in [5, 5.41) is 9.36. The van der Waals surface area contributed by atoms with E-state index in [0.717, 1.165) is 31.4 Å². The Balaban J connectivity index is 1.23. The predicted octanol–water partition coefficient (Wildman–Crippen LogP) is 1.18. The summed E-state index contributed by atoms with van der Waals surface area (Å²) >= 11 is 0. The monoisotopic (exact) mass is 407 g/mol. The first-order valence-corrected chi connectivity index (χ1v) is 11.0. The van der Waals surface area contributed by atoms with Crippen molar-refractivity contribution in [2.45, 2.75) is 69.4 Å². The van der Waals surface area contributed by atoms with Gasteiger partial charge in [-0.05, 0) is 44.6 Å². The molecule has 158 valence electrons. The third kappa shape index (κ3) is 3.01. The van der Waals surface area contributed by atoms with Crippen LogP contribution in [-0.2, 0) is 9.59 Å². The number of amides is 2. The van der Waals surface area contributed by atoms with Gasteiger partial charge in [0.1, 0.15) is 6.04 Å². The summed E-state index contributed by atoms with van der Waals surface area (Å²) in [5.41, 5.74) is 8.64. The summed E-state index contributed by atoms with van der Waals surface area (Å²) in [5.74, 6) is 0.482. The summed E-state index contributed by atoms with van der Waals surface area (Å²) in [6, 6.07) is 9.79. The normalized spacial score (nSPS) is 34.1. The number of nitrogens with two attached hydrogens (primary N) is 1. The molecule has 3 heterocycles. The number of nitrogens with zero attached hydrogens (tertiary/aromatic N) is 4. The van der Waals surface area contributed by atoms with Crippen molar-refractivity contribution < 1.29 is 9.59 Å². The second kappa shape index (κ2) is 7.07. The third-order valence-corrected chi connectivity index (χ3v) is 7.55. The number of hydrogen-bond acceptors (Lipinski definition) is 5. The van der Waals surface area contributed by atoms with E-state index < -0.39 is 6.04 Å². The Hall–Kier alpha value is -2.43. The van der Waals surface area contributed by atoms with E-state index in [2.05, 4.69) is 49.1 Å². The number of benzene rings is 1. The quantitative estimate of drug-likeness (QED) is 0.791. The Morgan fingerprint density at radius 1 is 1.27 bits per heavy atom. The summed E-state index contributed by atoms with van der Waals surface area (Å²) in [6.45, 7) is 5.28. The molecule has 1 aromatic carbocycles. The van der Waals surface area contributed by atoms with Crippen molar-refractivity contribution in [1.29, 1.82) is 5.26 Å². The highest BCUT2D eigenvalue weighted by atomic mass is 16.2. The van der Waals surface area contributed by atoms with Gasteiger partial charge in [0.2, 0.25) is 11.8 Å². The molecule has 2 N–H and O–H groups in total. The fraction of sp³-hybridized carbons (Fsp3) is 0.609. The fourth-order valence-corrected chi connectivity index (χ4v) is 5.82. The Morgan fingerprint density at radius 2 is 2.00 bits per heavy atom. The zero-order valence-corrected chi connectivity index (χ0v) is 17.6. The summed E-state index contributed by atoms with van der Waals surface area (Å²) in [4.78, 5) is 31.9. The lowest BCUT2D eigenvalue weighted by molar-refractivity contribution is -0.141. The molecular formula is C23H29N5O2. The molecular weight excluding hydrogens is 378 g/mol. The molecule has 7 heteroatoms. The van der Waals surface area contributed by atoms with Crippen molar-refractivity contribution in [1.82, 2.24) is 14.7 Å². The molecule has 3 saturated heterocycles. The van der Waals surface area contributed by atoms with Crippen LogP contribution >= 0.6 is 0 Å². The van der Waals surface area contributed by atoms with Crippen molar-refractivity contribution in [3.05, 3.63) is 35.4 Å². The molecule has 4 aliphatic rings.